The van der Waals surface area contributed by atoms with Crippen LogP contribution in [-0.4, -0.2) is 37.7 Å². The lowest BCUT2D eigenvalue weighted by Gasteiger charge is -2.26. The number of ether oxygens (including phenoxy) is 1. The van der Waals surface area contributed by atoms with E-state index in [1.807, 2.05) is 0 Å². The van der Waals surface area contributed by atoms with Crippen molar-refractivity contribution in [2.45, 2.75) is 19.0 Å². The van der Waals surface area contributed by atoms with E-state index in [0.717, 1.165) is 63.4 Å². The molecule has 19 heavy (non-hydrogen) atoms. The molecular weight excluding hydrogens is 255 g/mol. The van der Waals surface area contributed by atoms with E-state index in [2.05, 4.69) is 4.90 Å². The van der Waals surface area contributed by atoms with Crippen LogP contribution >= 0.6 is 0 Å². The van der Waals surface area contributed by atoms with Gasteiger partial charge in [0.25, 0.3) is 0 Å². The molecule has 0 spiro atoms. The minimum absolute atomic E-state index is 0.579. The molecule has 5 heteroatoms. The Morgan fingerprint density at radius 1 is 1.05 bits per heavy atom. The summed E-state index contributed by atoms with van der Waals surface area (Å²) in [6, 6.07) is 5.46. The molecule has 106 valence electrons. The smallest absolute Gasteiger partial charge is 0.379 e. The summed E-state index contributed by atoms with van der Waals surface area (Å²) in [6.45, 7) is 4.44. The van der Waals surface area contributed by atoms with Gasteiger partial charge >= 0.3 is 6.18 Å². The summed E-state index contributed by atoms with van der Waals surface area (Å²) in [5.74, 6) is 0. The van der Waals surface area contributed by atoms with Crippen molar-refractivity contribution < 1.29 is 17.9 Å². The molecule has 1 heterocycles. The Morgan fingerprint density at radius 3 is 2.26 bits per heavy atom. The Balaban J connectivity index is 1.76. The van der Waals surface area contributed by atoms with E-state index >= 15 is 0 Å². The number of benzene rings is 1. The van der Waals surface area contributed by atoms with E-state index in [4.69, 9.17) is 4.74 Å². The van der Waals surface area contributed by atoms with Gasteiger partial charge in [0.15, 0.2) is 0 Å². The number of nitrogens with zero attached hydrogens (tertiary/aromatic N) is 1. The van der Waals surface area contributed by atoms with Gasteiger partial charge in [0.2, 0.25) is 0 Å². The number of hydrogen-bond donors (Lipinski definition) is 0. The summed E-state index contributed by atoms with van der Waals surface area (Å²) in [5.41, 5.74) is 0.380. The molecule has 2 rings (SSSR count). The van der Waals surface area contributed by atoms with Crippen molar-refractivity contribution in [1.82, 2.24) is 4.90 Å². The van der Waals surface area contributed by atoms with Crippen molar-refractivity contribution in [2.24, 2.45) is 0 Å². The lowest BCUT2D eigenvalue weighted by atomic mass is 10.1. The number of rotatable bonds is 4. The van der Waals surface area contributed by atoms with Gasteiger partial charge < -0.3 is 4.74 Å². The van der Waals surface area contributed by atoms with Gasteiger partial charge in [-0.2, -0.15) is 13.2 Å². The molecule has 0 atom stereocenters. The van der Waals surface area contributed by atoms with E-state index in [9.17, 15) is 13.2 Å². The normalized spacial score (nSPS) is 17.6. The van der Waals surface area contributed by atoms with Crippen molar-refractivity contribution in [3.63, 3.8) is 0 Å². The Hall–Kier alpha value is -1.07. The van der Waals surface area contributed by atoms with Gasteiger partial charge in [0, 0.05) is 13.1 Å². The van der Waals surface area contributed by atoms with Crippen molar-refractivity contribution in [1.29, 1.82) is 0 Å². The standard InChI is InChI=1S/C14H18F3NO/c15-14(16,17)13-5-3-12(4-6-13)2-1-7-18-8-10-19-11-9-18/h3-6H,1-2,7-11H2. The second-order valence-electron chi connectivity index (χ2n) is 4.75. The van der Waals surface area contributed by atoms with E-state index in [-0.39, 0.29) is 0 Å². The molecule has 1 aromatic carbocycles. The van der Waals surface area contributed by atoms with E-state index in [1.54, 1.807) is 12.1 Å². The number of halogens is 3. The summed E-state index contributed by atoms with van der Waals surface area (Å²) in [5, 5.41) is 0. The van der Waals surface area contributed by atoms with Gasteiger partial charge in [-0.25, -0.2) is 0 Å². The predicted molar refractivity (Wildman–Crippen MR) is 67.0 cm³/mol. The third-order valence-electron chi connectivity index (χ3n) is 3.32. The quantitative estimate of drug-likeness (QED) is 0.836. The first-order valence-corrected chi connectivity index (χ1v) is 6.52. The van der Waals surface area contributed by atoms with Crippen LogP contribution in [0.3, 0.4) is 0 Å². The van der Waals surface area contributed by atoms with Crippen LogP contribution in [0.5, 0.6) is 0 Å². The van der Waals surface area contributed by atoms with Crippen LogP contribution in [0.4, 0.5) is 13.2 Å². The van der Waals surface area contributed by atoms with Crippen LogP contribution in [0.25, 0.3) is 0 Å². The lowest BCUT2D eigenvalue weighted by Crippen LogP contribution is -2.36. The van der Waals surface area contributed by atoms with Crippen molar-refractivity contribution >= 4 is 0 Å². The minimum atomic E-state index is -4.24. The third-order valence-corrected chi connectivity index (χ3v) is 3.32. The second kappa shape index (κ2) is 6.39. The van der Waals surface area contributed by atoms with Crippen molar-refractivity contribution in [3.8, 4) is 0 Å². The SMILES string of the molecule is FC(F)(F)c1ccc(CCCN2CCOCC2)cc1. The molecule has 0 aliphatic carbocycles. The third kappa shape index (κ3) is 4.51. The summed E-state index contributed by atoms with van der Waals surface area (Å²) in [7, 11) is 0. The monoisotopic (exact) mass is 273 g/mol. The van der Waals surface area contributed by atoms with Crippen LogP contribution in [0.2, 0.25) is 0 Å². The molecule has 2 nitrogen and oxygen atoms in total. The zero-order valence-electron chi connectivity index (χ0n) is 10.7. The maximum Gasteiger partial charge on any atom is 0.416 e. The summed E-state index contributed by atoms with van der Waals surface area (Å²) in [4.78, 5) is 2.33. The molecule has 0 unspecified atom stereocenters. The maximum atomic E-state index is 12.4. The Morgan fingerprint density at radius 2 is 1.68 bits per heavy atom. The molecule has 0 aromatic heterocycles. The molecule has 0 amide bonds. The van der Waals surface area contributed by atoms with E-state index in [1.165, 1.54) is 0 Å². The van der Waals surface area contributed by atoms with Gasteiger partial charge in [0.05, 0.1) is 18.8 Å². The van der Waals surface area contributed by atoms with E-state index in [0.29, 0.717) is 0 Å². The molecule has 1 saturated heterocycles. The van der Waals surface area contributed by atoms with Crippen LogP contribution in [-0.2, 0) is 17.3 Å². The number of alkyl halides is 3. The highest BCUT2D eigenvalue weighted by molar-refractivity contribution is 5.24. The summed E-state index contributed by atoms with van der Waals surface area (Å²) in [6.07, 6.45) is -2.47. The zero-order chi connectivity index (χ0) is 13.7. The fourth-order valence-electron chi connectivity index (χ4n) is 2.19. The van der Waals surface area contributed by atoms with Gasteiger partial charge in [0.1, 0.15) is 0 Å². The second-order valence-corrected chi connectivity index (χ2v) is 4.75. The highest BCUT2D eigenvalue weighted by Crippen LogP contribution is 2.29. The highest BCUT2D eigenvalue weighted by Gasteiger charge is 2.29. The zero-order valence-corrected chi connectivity index (χ0v) is 10.7. The highest BCUT2D eigenvalue weighted by atomic mass is 19.4. The molecule has 1 fully saturated rings. The maximum absolute atomic E-state index is 12.4. The van der Waals surface area contributed by atoms with Crippen LogP contribution in [0, 0.1) is 0 Å². The average Bonchev–Trinajstić information content (AvgIpc) is 2.39. The van der Waals surface area contributed by atoms with Crippen molar-refractivity contribution in [3.05, 3.63) is 35.4 Å². The van der Waals surface area contributed by atoms with Crippen molar-refractivity contribution in [2.75, 3.05) is 32.8 Å². The van der Waals surface area contributed by atoms with Crippen LogP contribution in [0.15, 0.2) is 24.3 Å². The average molecular weight is 273 g/mol. The fraction of sp³-hybridized carbons (Fsp3) is 0.571. The molecular formula is C14H18F3NO. The van der Waals surface area contributed by atoms with Crippen LogP contribution < -0.4 is 0 Å². The first-order chi connectivity index (χ1) is 9.05. The minimum Gasteiger partial charge on any atom is -0.379 e. The number of morpholine rings is 1. The Bertz CT molecular complexity index is 383. The molecule has 0 saturated carbocycles. The predicted octanol–water partition coefficient (Wildman–Crippen LogP) is 2.97. The van der Waals surface area contributed by atoms with Gasteiger partial charge in [-0.15, -0.1) is 0 Å². The van der Waals surface area contributed by atoms with E-state index < -0.39 is 11.7 Å². The molecule has 0 radical (unpaired) electrons. The topological polar surface area (TPSA) is 12.5 Å². The molecule has 1 aromatic rings. The Kier molecular flexibility index (Phi) is 4.82. The summed E-state index contributed by atoms with van der Waals surface area (Å²) >= 11 is 0. The first-order valence-electron chi connectivity index (χ1n) is 6.52. The Labute approximate surface area is 111 Å². The first kappa shape index (κ1) is 14.3. The van der Waals surface area contributed by atoms with Gasteiger partial charge in [-0.1, -0.05) is 12.1 Å². The lowest BCUT2D eigenvalue weighted by molar-refractivity contribution is -0.137. The van der Waals surface area contributed by atoms with Gasteiger partial charge in [-0.3, -0.25) is 4.90 Å². The van der Waals surface area contributed by atoms with Gasteiger partial charge in [-0.05, 0) is 37.1 Å². The summed E-state index contributed by atoms with van der Waals surface area (Å²) < 4.78 is 42.4. The fourth-order valence-corrected chi connectivity index (χ4v) is 2.19. The number of aryl methyl sites for hydroxylation is 1. The molecule has 1 aliphatic rings. The molecule has 1 aliphatic heterocycles. The van der Waals surface area contributed by atoms with Crippen LogP contribution in [0.1, 0.15) is 17.5 Å². The molecule has 0 N–H and O–H groups in total. The largest absolute Gasteiger partial charge is 0.416 e. The number of hydrogen-bond acceptors (Lipinski definition) is 2. The molecule has 0 bridgehead atoms.